The van der Waals surface area contributed by atoms with Crippen molar-refractivity contribution in [1.29, 1.82) is 0 Å². The Balaban J connectivity index is 1.75. The van der Waals surface area contributed by atoms with Crippen molar-refractivity contribution in [2.24, 2.45) is 5.92 Å². The van der Waals surface area contributed by atoms with Gasteiger partial charge in [0.05, 0.1) is 0 Å². The zero-order valence-corrected chi connectivity index (χ0v) is 13.3. The molecule has 0 aliphatic heterocycles. The first-order valence-electron chi connectivity index (χ1n) is 8.52. The molecule has 0 unspecified atom stereocenters. The van der Waals surface area contributed by atoms with Gasteiger partial charge in [0.2, 0.25) is 0 Å². The van der Waals surface area contributed by atoms with E-state index in [0.29, 0.717) is 11.5 Å². The molecule has 23 heavy (non-hydrogen) atoms. The maximum atomic E-state index is 14.5. The Kier molecular flexibility index (Phi) is 4.79. The Bertz CT molecular complexity index is 600. The highest BCUT2D eigenvalue weighted by Crippen LogP contribution is 2.45. The molecule has 2 aliphatic rings. The maximum absolute atomic E-state index is 14.5. The molecule has 2 saturated carbocycles. The van der Waals surface area contributed by atoms with Crippen LogP contribution in [0.3, 0.4) is 0 Å². The Morgan fingerprint density at radius 1 is 0.913 bits per heavy atom. The summed E-state index contributed by atoms with van der Waals surface area (Å²) in [6.07, 6.45) is 3.68. The van der Waals surface area contributed by atoms with Crippen LogP contribution in [0.4, 0.5) is 17.6 Å². The quantitative estimate of drug-likeness (QED) is 0.544. The average molecular weight is 326 g/mol. The van der Waals surface area contributed by atoms with E-state index in [-0.39, 0.29) is 35.8 Å². The zero-order chi connectivity index (χ0) is 16.6. The van der Waals surface area contributed by atoms with Crippen molar-refractivity contribution in [1.82, 2.24) is 0 Å². The fourth-order valence-corrected chi connectivity index (χ4v) is 4.00. The van der Waals surface area contributed by atoms with E-state index in [1.807, 2.05) is 0 Å². The molecule has 2 aliphatic carbocycles. The standard InChI is InChI=1S/C19H22F4/c1-2-11-3-5-12(6-4-11)15-7-8-16(18(21)17(15)20)13-9-14(10-13)19(22)23/h7-8,11-13H,2-6,9-10H2,1H3. The largest absolute Gasteiger partial charge is 0.269 e. The molecule has 0 saturated heterocycles. The number of rotatable bonds is 3. The Morgan fingerprint density at radius 3 is 1.91 bits per heavy atom. The Hall–Kier alpha value is -1.32. The summed E-state index contributed by atoms with van der Waals surface area (Å²) in [5.41, 5.74) is 0.780. The minimum absolute atomic E-state index is 0.0665. The lowest BCUT2D eigenvalue weighted by Crippen LogP contribution is -2.18. The lowest BCUT2D eigenvalue weighted by Gasteiger charge is -2.31. The highest BCUT2D eigenvalue weighted by atomic mass is 19.3. The van der Waals surface area contributed by atoms with Gasteiger partial charge in [-0.2, -0.15) is 8.78 Å². The number of hydrogen-bond donors (Lipinski definition) is 0. The average Bonchev–Trinajstić information content (AvgIpc) is 2.50. The van der Waals surface area contributed by atoms with Gasteiger partial charge in [-0.1, -0.05) is 25.5 Å². The van der Waals surface area contributed by atoms with Crippen LogP contribution in [0.25, 0.3) is 0 Å². The molecule has 2 fully saturated rings. The van der Waals surface area contributed by atoms with Gasteiger partial charge < -0.3 is 0 Å². The number of hydrogen-bond acceptors (Lipinski definition) is 0. The van der Waals surface area contributed by atoms with Crippen LogP contribution >= 0.6 is 0 Å². The molecule has 0 aromatic heterocycles. The molecular weight excluding hydrogens is 304 g/mol. The van der Waals surface area contributed by atoms with E-state index >= 15 is 0 Å². The molecule has 0 spiro atoms. The molecule has 0 atom stereocenters. The molecule has 0 heterocycles. The van der Waals surface area contributed by atoms with E-state index in [2.05, 4.69) is 6.92 Å². The topological polar surface area (TPSA) is 0 Å². The third-order valence-corrected chi connectivity index (χ3v) is 5.70. The van der Waals surface area contributed by atoms with Crippen LogP contribution in [-0.4, -0.2) is 0 Å². The van der Waals surface area contributed by atoms with Gasteiger partial charge in [-0.15, -0.1) is 0 Å². The summed E-state index contributed by atoms with van der Waals surface area (Å²) in [4.78, 5) is 0. The van der Waals surface area contributed by atoms with Crippen molar-refractivity contribution in [2.75, 3.05) is 0 Å². The van der Waals surface area contributed by atoms with E-state index in [9.17, 15) is 17.6 Å². The molecular formula is C19H22F4. The van der Waals surface area contributed by atoms with Crippen LogP contribution in [0.1, 0.15) is 74.8 Å². The van der Waals surface area contributed by atoms with Gasteiger partial charge in [-0.3, -0.25) is 0 Å². The maximum Gasteiger partial charge on any atom is 0.269 e. The smallest absolute Gasteiger partial charge is 0.203 e. The first kappa shape index (κ1) is 16.5. The second kappa shape index (κ2) is 6.66. The number of allylic oxidation sites excluding steroid dienone is 1. The summed E-state index contributed by atoms with van der Waals surface area (Å²) < 4.78 is 53.7. The van der Waals surface area contributed by atoms with Gasteiger partial charge in [0.1, 0.15) is 0 Å². The predicted molar refractivity (Wildman–Crippen MR) is 82.6 cm³/mol. The molecule has 0 amide bonds. The van der Waals surface area contributed by atoms with Crippen LogP contribution in [0.5, 0.6) is 0 Å². The summed E-state index contributed by atoms with van der Waals surface area (Å²) in [5.74, 6) is -1.12. The molecule has 4 heteroatoms. The van der Waals surface area contributed by atoms with Crippen molar-refractivity contribution >= 4 is 0 Å². The van der Waals surface area contributed by atoms with Crippen LogP contribution < -0.4 is 0 Å². The predicted octanol–water partition coefficient (Wildman–Crippen LogP) is 6.68. The Morgan fingerprint density at radius 2 is 1.43 bits per heavy atom. The summed E-state index contributed by atoms with van der Waals surface area (Å²) in [6.45, 7) is 2.17. The van der Waals surface area contributed by atoms with E-state index in [1.165, 1.54) is 0 Å². The Labute approximate surface area is 134 Å². The normalized spacial score (nSPS) is 27.7. The molecule has 0 nitrogen and oxygen atoms in total. The van der Waals surface area contributed by atoms with Crippen molar-refractivity contribution in [3.63, 3.8) is 0 Å². The van der Waals surface area contributed by atoms with E-state index in [0.717, 1.165) is 32.1 Å². The van der Waals surface area contributed by atoms with E-state index in [4.69, 9.17) is 0 Å². The van der Waals surface area contributed by atoms with Crippen molar-refractivity contribution in [2.45, 2.75) is 63.7 Å². The molecule has 0 bridgehead atoms. The van der Waals surface area contributed by atoms with Crippen LogP contribution in [0.15, 0.2) is 23.8 Å². The molecule has 1 aromatic rings. The molecule has 3 rings (SSSR count). The molecule has 0 N–H and O–H groups in total. The van der Waals surface area contributed by atoms with Gasteiger partial charge in [0.15, 0.2) is 11.6 Å². The van der Waals surface area contributed by atoms with Crippen molar-refractivity contribution in [3.05, 3.63) is 46.5 Å². The zero-order valence-electron chi connectivity index (χ0n) is 13.3. The van der Waals surface area contributed by atoms with Crippen molar-refractivity contribution in [3.8, 4) is 0 Å². The highest BCUT2D eigenvalue weighted by molar-refractivity contribution is 5.36. The lowest BCUT2D eigenvalue weighted by atomic mass is 9.74. The van der Waals surface area contributed by atoms with Crippen molar-refractivity contribution < 1.29 is 17.6 Å². The molecule has 0 radical (unpaired) electrons. The van der Waals surface area contributed by atoms with Gasteiger partial charge >= 0.3 is 0 Å². The first-order valence-corrected chi connectivity index (χ1v) is 8.52. The summed E-state index contributed by atoms with van der Waals surface area (Å²) >= 11 is 0. The van der Waals surface area contributed by atoms with Crippen LogP contribution in [0.2, 0.25) is 0 Å². The fraction of sp³-hybridized carbons (Fsp3) is 0.579. The van der Waals surface area contributed by atoms with Gasteiger partial charge in [0.25, 0.3) is 6.08 Å². The van der Waals surface area contributed by atoms with Gasteiger partial charge in [-0.05, 0) is 73.0 Å². The number of benzene rings is 1. The summed E-state index contributed by atoms with van der Waals surface area (Å²) in [5, 5.41) is 0. The van der Waals surface area contributed by atoms with E-state index < -0.39 is 17.7 Å². The molecule has 1 aromatic carbocycles. The van der Waals surface area contributed by atoms with E-state index in [1.54, 1.807) is 12.1 Å². The third kappa shape index (κ3) is 3.17. The SMILES string of the molecule is CCC1CCC(c2ccc(C3CC(=C(F)F)C3)c(F)c2F)CC1. The monoisotopic (exact) mass is 326 g/mol. The second-order valence-electron chi connectivity index (χ2n) is 6.97. The minimum atomic E-state index is -1.67. The summed E-state index contributed by atoms with van der Waals surface area (Å²) in [7, 11) is 0. The third-order valence-electron chi connectivity index (χ3n) is 5.70. The van der Waals surface area contributed by atoms with Gasteiger partial charge in [-0.25, -0.2) is 8.78 Å². The molecule has 126 valence electrons. The first-order chi connectivity index (χ1) is 11.0. The van der Waals surface area contributed by atoms with Gasteiger partial charge in [0, 0.05) is 0 Å². The number of halogens is 4. The van der Waals surface area contributed by atoms with Crippen LogP contribution in [0, 0.1) is 17.6 Å². The minimum Gasteiger partial charge on any atom is -0.203 e. The highest BCUT2D eigenvalue weighted by Gasteiger charge is 2.33. The van der Waals surface area contributed by atoms with Crippen LogP contribution in [-0.2, 0) is 0 Å². The summed E-state index contributed by atoms with van der Waals surface area (Å²) in [6, 6.07) is 3.29. The lowest BCUT2D eigenvalue weighted by molar-refractivity contribution is 0.312. The second-order valence-corrected chi connectivity index (χ2v) is 6.97. The fourth-order valence-electron chi connectivity index (χ4n) is 4.00.